The van der Waals surface area contributed by atoms with E-state index in [4.69, 9.17) is 10.2 Å². The Morgan fingerprint density at radius 3 is 2.38 bits per heavy atom. The second kappa shape index (κ2) is 3.70. The molecule has 0 aliphatic heterocycles. The van der Waals surface area contributed by atoms with Crippen molar-refractivity contribution in [2.75, 3.05) is 6.61 Å². The van der Waals surface area contributed by atoms with Crippen LogP contribution in [0.15, 0.2) is 12.1 Å². The third-order valence-electron chi connectivity index (χ3n) is 1.88. The van der Waals surface area contributed by atoms with Crippen molar-refractivity contribution in [3.63, 3.8) is 0 Å². The zero-order valence-corrected chi connectivity index (χ0v) is 7.09. The highest BCUT2D eigenvalue weighted by Gasteiger charge is 2.17. The highest BCUT2D eigenvalue weighted by atomic mass is 19.1. The molecule has 0 spiro atoms. The first kappa shape index (κ1) is 9.92. The summed E-state index contributed by atoms with van der Waals surface area (Å²) in [5.74, 6) is -2.92. The lowest BCUT2D eigenvalue weighted by atomic mass is 10.0. The Morgan fingerprint density at radius 2 is 1.85 bits per heavy atom. The number of aromatic hydroxyl groups is 1. The van der Waals surface area contributed by atoms with Gasteiger partial charge in [0.25, 0.3) is 0 Å². The first-order valence-electron chi connectivity index (χ1n) is 3.85. The lowest BCUT2D eigenvalue weighted by molar-refractivity contribution is 0.266. The SMILES string of the molecule is CC(CO)c1c(F)ccc(F)c1O. The zero-order valence-electron chi connectivity index (χ0n) is 7.09. The van der Waals surface area contributed by atoms with Crippen LogP contribution in [0, 0.1) is 11.6 Å². The molecule has 0 heterocycles. The van der Waals surface area contributed by atoms with E-state index in [0.717, 1.165) is 12.1 Å². The molecule has 1 aromatic carbocycles. The van der Waals surface area contributed by atoms with Crippen molar-refractivity contribution < 1.29 is 19.0 Å². The Bertz CT molecular complexity index is 313. The first-order chi connectivity index (χ1) is 6.07. The second-order valence-electron chi connectivity index (χ2n) is 2.88. The summed E-state index contributed by atoms with van der Waals surface area (Å²) in [6, 6.07) is 1.77. The Kier molecular flexibility index (Phi) is 2.83. The van der Waals surface area contributed by atoms with E-state index in [1.54, 1.807) is 0 Å². The van der Waals surface area contributed by atoms with Gasteiger partial charge in [-0.1, -0.05) is 6.92 Å². The summed E-state index contributed by atoms with van der Waals surface area (Å²) in [4.78, 5) is 0. The minimum atomic E-state index is -0.878. The lowest BCUT2D eigenvalue weighted by Gasteiger charge is -2.11. The molecule has 0 aromatic heterocycles. The van der Waals surface area contributed by atoms with Gasteiger partial charge in [0.05, 0.1) is 0 Å². The molecule has 1 aromatic rings. The fourth-order valence-corrected chi connectivity index (χ4v) is 1.12. The van der Waals surface area contributed by atoms with Gasteiger partial charge in [-0.15, -0.1) is 0 Å². The molecule has 4 heteroatoms. The van der Waals surface area contributed by atoms with E-state index >= 15 is 0 Å². The molecule has 1 atom stereocenters. The average molecular weight is 188 g/mol. The van der Waals surface area contributed by atoms with Gasteiger partial charge in [0.1, 0.15) is 5.82 Å². The maximum Gasteiger partial charge on any atom is 0.165 e. The van der Waals surface area contributed by atoms with Gasteiger partial charge < -0.3 is 10.2 Å². The summed E-state index contributed by atoms with van der Waals surface area (Å²) in [7, 11) is 0. The molecule has 0 saturated heterocycles. The quantitative estimate of drug-likeness (QED) is 0.742. The fourth-order valence-electron chi connectivity index (χ4n) is 1.12. The number of aliphatic hydroxyl groups excluding tert-OH is 1. The number of hydrogen-bond donors (Lipinski definition) is 2. The first-order valence-corrected chi connectivity index (χ1v) is 3.85. The van der Waals surface area contributed by atoms with Gasteiger partial charge in [-0.05, 0) is 12.1 Å². The van der Waals surface area contributed by atoms with E-state index in [9.17, 15) is 8.78 Å². The summed E-state index contributed by atoms with van der Waals surface area (Å²) in [6.45, 7) is 1.16. The summed E-state index contributed by atoms with van der Waals surface area (Å²) < 4.78 is 25.8. The van der Waals surface area contributed by atoms with E-state index in [1.807, 2.05) is 0 Å². The van der Waals surface area contributed by atoms with Crippen LogP contribution < -0.4 is 0 Å². The van der Waals surface area contributed by atoms with Gasteiger partial charge in [-0.3, -0.25) is 0 Å². The predicted octanol–water partition coefficient (Wildman–Crippen LogP) is 1.77. The molecule has 2 N–H and O–H groups in total. The summed E-state index contributed by atoms with van der Waals surface area (Å²) in [5.41, 5.74) is -0.178. The lowest BCUT2D eigenvalue weighted by Crippen LogP contribution is -2.03. The molecule has 0 aliphatic carbocycles. The summed E-state index contributed by atoms with van der Waals surface area (Å²) in [5, 5.41) is 17.9. The monoisotopic (exact) mass is 188 g/mol. The molecule has 0 saturated carbocycles. The number of hydrogen-bond acceptors (Lipinski definition) is 2. The van der Waals surface area contributed by atoms with Crippen LogP contribution in [-0.4, -0.2) is 16.8 Å². The topological polar surface area (TPSA) is 40.5 Å². The number of aliphatic hydroxyl groups is 1. The smallest absolute Gasteiger partial charge is 0.165 e. The highest BCUT2D eigenvalue weighted by molar-refractivity contribution is 5.37. The van der Waals surface area contributed by atoms with Gasteiger partial charge in [0.15, 0.2) is 11.6 Å². The average Bonchev–Trinajstić information content (AvgIpc) is 2.12. The van der Waals surface area contributed by atoms with E-state index in [2.05, 4.69) is 0 Å². The summed E-state index contributed by atoms with van der Waals surface area (Å²) >= 11 is 0. The standard InChI is InChI=1S/C9H10F2O2/c1-5(4-12)8-6(10)2-3-7(11)9(8)13/h2-3,5,12-13H,4H2,1H3. The molecular formula is C9H10F2O2. The van der Waals surface area contributed by atoms with Gasteiger partial charge in [-0.2, -0.15) is 0 Å². The van der Waals surface area contributed by atoms with Crippen molar-refractivity contribution in [3.05, 3.63) is 29.3 Å². The molecule has 0 amide bonds. The van der Waals surface area contributed by atoms with Crippen molar-refractivity contribution >= 4 is 0 Å². The summed E-state index contributed by atoms with van der Waals surface area (Å²) in [6.07, 6.45) is 0. The molecule has 0 bridgehead atoms. The van der Waals surface area contributed by atoms with Crippen LogP contribution in [0.5, 0.6) is 5.75 Å². The predicted molar refractivity (Wildman–Crippen MR) is 43.5 cm³/mol. The van der Waals surface area contributed by atoms with Gasteiger partial charge in [0, 0.05) is 18.1 Å². The van der Waals surface area contributed by atoms with Gasteiger partial charge in [-0.25, -0.2) is 8.78 Å². The van der Waals surface area contributed by atoms with Crippen LogP contribution in [0.3, 0.4) is 0 Å². The van der Waals surface area contributed by atoms with E-state index in [1.165, 1.54) is 6.92 Å². The number of rotatable bonds is 2. The van der Waals surface area contributed by atoms with E-state index in [0.29, 0.717) is 0 Å². The molecule has 0 radical (unpaired) electrons. The molecule has 0 fully saturated rings. The highest BCUT2D eigenvalue weighted by Crippen LogP contribution is 2.30. The number of phenolic OH excluding ortho intramolecular Hbond substituents is 1. The second-order valence-corrected chi connectivity index (χ2v) is 2.88. The molecule has 13 heavy (non-hydrogen) atoms. The fraction of sp³-hybridized carbons (Fsp3) is 0.333. The third kappa shape index (κ3) is 1.78. The molecule has 2 nitrogen and oxygen atoms in total. The van der Waals surface area contributed by atoms with Crippen molar-refractivity contribution in [1.82, 2.24) is 0 Å². The molecule has 1 unspecified atom stereocenters. The molecule has 1 rings (SSSR count). The number of phenols is 1. The Hall–Kier alpha value is -1.16. The minimum Gasteiger partial charge on any atom is -0.505 e. The van der Waals surface area contributed by atoms with Crippen LogP contribution in [0.2, 0.25) is 0 Å². The van der Waals surface area contributed by atoms with Crippen molar-refractivity contribution in [1.29, 1.82) is 0 Å². The molecule has 0 aliphatic rings. The zero-order chi connectivity index (χ0) is 10.0. The number of benzene rings is 1. The maximum absolute atomic E-state index is 13.0. The largest absolute Gasteiger partial charge is 0.505 e. The van der Waals surface area contributed by atoms with E-state index in [-0.39, 0.29) is 12.2 Å². The van der Waals surface area contributed by atoms with Crippen molar-refractivity contribution in [3.8, 4) is 5.75 Å². The maximum atomic E-state index is 13.0. The van der Waals surface area contributed by atoms with Crippen LogP contribution in [0.1, 0.15) is 18.4 Å². The number of halogens is 2. The van der Waals surface area contributed by atoms with Crippen LogP contribution in [0.25, 0.3) is 0 Å². The van der Waals surface area contributed by atoms with Crippen LogP contribution >= 0.6 is 0 Å². The van der Waals surface area contributed by atoms with Crippen molar-refractivity contribution in [2.45, 2.75) is 12.8 Å². The van der Waals surface area contributed by atoms with Gasteiger partial charge in [0.2, 0.25) is 0 Å². The van der Waals surface area contributed by atoms with Crippen LogP contribution in [-0.2, 0) is 0 Å². The normalized spacial score (nSPS) is 12.9. The van der Waals surface area contributed by atoms with Gasteiger partial charge >= 0.3 is 0 Å². The van der Waals surface area contributed by atoms with Crippen LogP contribution in [0.4, 0.5) is 8.78 Å². The molecule has 72 valence electrons. The van der Waals surface area contributed by atoms with E-state index < -0.39 is 23.3 Å². The molecular weight excluding hydrogens is 178 g/mol. The minimum absolute atomic E-state index is 0.178. The Labute approximate surface area is 74.4 Å². The third-order valence-corrected chi connectivity index (χ3v) is 1.88. The Morgan fingerprint density at radius 1 is 1.31 bits per heavy atom. The Balaban J connectivity index is 3.25. The van der Waals surface area contributed by atoms with Crippen molar-refractivity contribution in [2.24, 2.45) is 0 Å².